The highest BCUT2D eigenvalue weighted by Gasteiger charge is 2.09. The Bertz CT molecular complexity index is 1000. The van der Waals surface area contributed by atoms with Crippen LogP contribution in [0, 0.1) is 0 Å². The number of amides is 1. The third kappa shape index (κ3) is 3.42. The maximum Gasteiger partial charge on any atom is 0.256 e. The number of fused-ring (bicyclic) bond motifs is 1. The minimum atomic E-state index is -0.170. The average Bonchev–Trinajstić information content (AvgIpc) is 3.29. The van der Waals surface area contributed by atoms with E-state index in [-0.39, 0.29) is 5.91 Å². The molecule has 4 rings (SSSR count). The minimum absolute atomic E-state index is 0.170. The van der Waals surface area contributed by atoms with Crippen LogP contribution in [-0.4, -0.2) is 25.7 Å². The monoisotopic (exact) mass is 331 g/mol. The van der Waals surface area contributed by atoms with Crippen LogP contribution in [0.5, 0.6) is 0 Å². The van der Waals surface area contributed by atoms with Gasteiger partial charge in [-0.3, -0.25) is 14.5 Å². The second-order valence-corrected chi connectivity index (χ2v) is 5.80. The van der Waals surface area contributed by atoms with Crippen LogP contribution in [0.4, 0.5) is 5.82 Å². The first-order valence-electron chi connectivity index (χ1n) is 8.09. The Morgan fingerprint density at radius 1 is 1.12 bits per heavy atom. The van der Waals surface area contributed by atoms with Crippen LogP contribution < -0.4 is 5.32 Å². The van der Waals surface area contributed by atoms with E-state index >= 15 is 0 Å². The fourth-order valence-corrected chi connectivity index (χ4v) is 2.72. The highest BCUT2D eigenvalue weighted by molar-refractivity contribution is 6.05. The third-order valence-corrected chi connectivity index (χ3v) is 4.08. The molecule has 1 amide bonds. The van der Waals surface area contributed by atoms with Gasteiger partial charge < -0.3 is 10.3 Å². The summed E-state index contributed by atoms with van der Waals surface area (Å²) in [7, 11) is 0. The SMILES string of the molecule is O=C(Nc1ccn(CCc2ccncc2)n1)c1ccc2cc[nH]c2c1. The number of anilines is 1. The van der Waals surface area contributed by atoms with Gasteiger partial charge in [-0.1, -0.05) is 6.07 Å². The first kappa shape index (κ1) is 15.1. The molecule has 0 unspecified atom stereocenters. The summed E-state index contributed by atoms with van der Waals surface area (Å²) in [6.07, 6.45) is 8.15. The zero-order valence-electron chi connectivity index (χ0n) is 13.5. The summed E-state index contributed by atoms with van der Waals surface area (Å²) in [5.41, 5.74) is 2.74. The molecule has 0 atom stereocenters. The van der Waals surface area contributed by atoms with Crippen molar-refractivity contribution in [1.82, 2.24) is 19.7 Å². The van der Waals surface area contributed by atoms with Gasteiger partial charge in [-0.2, -0.15) is 5.10 Å². The number of aromatic nitrogens is 4. The quantitative estimate of drug-likeness (QED) is 0.589. The molecule has 0 aliphatic heterocycles. The summed E-state index contributed by atoms with van der Waals surface area (Å²) >= 11 is 0. The highest BCUT2D eigenvalue weighted by atomic mass is 16.1. The lowest BCUT2D eigenvalue weighted by atomic mass is 10.1. The van der Waals surface area contributed by atoms with Crippen LogP contribution in [0.3, 0.4) is 0 Å². The smallest absolute Gasteiger partial charge is 0.256 e. The van der Waals surface area contributed by atoms with E-state index in [1.54, 1.807) is 18.5 Å². The Hall–Kier alpha value is -3.41. The lowest BCUT2D eigenvalue weighted by molar-refractivity contribution is 0.102. The number of aromatic amines is 1. The van der Waals surface area contributed by atoms with Gasteiger partial charge in [-0.25, -0.2) is 0 Å². The molecule has 0 aliphatic carbocycles. The van der Waals surface area contributed by atoms with Crippen LogP contribution in [0.15, 0.2) is 67.3 Å². The maximum atomic E-state index is 12.4. The molecule has 0 radical (unpaired) electrons. The first-order valence-corrected chi connectivity index (χ1v) is 8.09. The van der Waals surface area contributed by atoms with Gasteiger partial charge in [0.15, 0.2) is 5.82 Å². The van der Waals surface area contributed by atoms with Crippen molar-refractivity contribution in [2.24, 2.45) is 0 Å². The summed E-state index contributed by atoms with van der Waals surface area (Å²) in [5.74, 6) is 0.377. The molecule has 1 aromatic carbocycles. The summed E-state index contributed by atoms with van der Waals surface area (Å²) in [4.78, 5) is 19.5. The topological polar surface area (TPSA) is 75.6 Å². The number of hydrogen-bond acceptors (Lipinski definition) is 3. The van der Waals surface area contributed by atoms with Gasteiger partial charge in [-0.15, -0.1) is 0 Å². The van der Waals surface area contributed by atoms with Gasteiger partial charge in [0.1, 0.15) is 0 Å². The van der Waals surface area contributed by atoms with Gasteiger partial charge in [0.2, 0.25) is 0 Å². The molecular weight excluding hydrogens is 314 g/mol. The van der Waals surface area contributed by atoms with Crippen molar-refractivity contribution in [1.29, 1.82) is 0 Å². The van der Waals surface area contributed by atoms with Gasteiger partial charge in [0, 0.05) is 48.5 Å². The van der Waals surface area contributed by atoms with Gasteiger partial charge in [0.25, 0.3) is 5.91 Å². The van der Waals surface area contributed by atoms with Gasteiger partial charge in [0.05, 0.1) is 0 Å². The molecule has 0 saturated heterocycles. The highest BCUT2D eigenvalue weighted by Crippen LogP contribution is 2.15. The van der Waals surface area contributed by atoms with E-state index in [0.29, 0.717) is 11.4 Å². The standard InChI is InChI=1S/C19H17N5O/c25-19(16-2-1-15-5-10-21-17(15)13-16)22-18-7-12-24(23-18)11-6-14-3-8-20-9-4-14/h1-5,7-10,12-13,21H,6,11H2,(H,22,23,25). The lowest BCUT2D eigenvalue weighted by Crippen LogP contribution is -2.13. The molecule has 2 N–H and O–H groups in total. The van der Waals surface area contributed by atoms with Crippen molar-refractivity contribution in [3.05, 3.63) is 78.4 Å². The number of pyridine rings is 1. The van der Waals surface area contributed by atoms with Gasteiger partial charge >= 0.3 is 0 Å². The Labute approximate surface area is 144 Å². The summed E-state index contributed by atoms with van der Waals surface area (Å²) < 4.78 is 1.82. The molecule has 0 aliphatic rings. The van der Waals surface area contributed by atoms with E-state index in [1.807, 2.05) is 53.5 Å². The molecule has 3 aromatic heterocycles. The second-order valence-electron chi connectivity index (χ2n) is 5.80. The number of nitrogens with one attached hydrogen (secondary N) is 2. The van der Waals surface area contributed by atoms with Crippen LogP contribution in [0.25, 0.3) is 10.9 Å². The molecule has 6 heteroatoms. The number of carbonyl (C=O) groups excluding carboxylic acids is 1. The molecule has 0 spiro atoms. The predicted molar refractivity (Wildman–Crippen MR) is 96.4 cm³/mol. The molecule has 4 aromatic rings. The third-order valence-electron chi connectivity index (χ3n) is 4.08. The summed E-state index contributed by atoms with van der Waals surface area (Å²) in [6, 6.07) is 13.3. The Balaban J connectivity index is 1.40. The Morgan fingerprint density at radius 2 is 2.00 bits per heavy atom. The fraction of sp³-hybridized carbons (Fsp3) is 0.105. The van der Waals surface area contributed by atoms with Crippen molar-refractivity contribution < 1.29 is 4.79 Å². The van der Waals surface area contributed by atoms with E-state index < -0.39 is 0 Å². The van der Waals surface area contributed by atoms with E-state index in [2.05, 4.69) is 20.4 Å². The van der Waals surface area contributed by atoms with E-state index in [9.17, 15) is 4.79 Å². The second kappa shape index (κ2) is 6.60. The minimum Gasteiger partial charge on any atom is -0.361 e. The van der Waals surface area contributed by atoms with Crippen molar-refractivity contribution in [3.63, 3.8) is 0 Å². The van der Waals surface area contributed by atoms with Crippen LogP contribution in [0.2, 0.25) is 0 Å². The fourth-order valence-electron chi connectivity index (χ4n) is 2.72. The number of rotatable bonds is 5. The Morgan fingerprint density at radius 3 is 2.88 bits per heavy atom. The molecule has 25 heavy (non-hydrogen) atoms. The lowest BCUT2D eigenvalue weighted by Gasteiger charge is -2.03. The number of nitrogens with zero attached hydrogens (tertiary/aromatic N) is 3. The zero-order chi connectivity index (χ0) is 17.1. The summed E-state index contributed by atoms with van der Waals surface area (Å²) in [5, 5.41) is 8.32. The van der Waals surface area contributed by atoms with E-state index in [1.165, 1.54) is 5.56 Å². The van der Waals surface area contributed by atoms with Gasteiger partial charge in [-0.05, 0) is 47.7 Å². The van der Waals surface area contributed by atoms with E-state index in [4.69, 9.17) is 0 Å². The van der Waals surface area contributed by atoms with Crippen molar-refractivity contribution in [2.75, 3.05) is 5.32 Å². The predicted octanol–water partition coefficient (Wildman–Crippen LogP) is 3.25. The van der Waals surface area contributed by atoms with Crippen LogP contribution in [-0.2, 0) is 13.0 Å². The van der Waals surface area contributed by atoms with Crippen LogP contribution >= 0.6 is 0 Å². The number of H-pyrrole nitrogens is 1. The number of aryl methyl sites for hydroxylation is 2. The van der Waals surface area contributed by atoms with Crippen LogP contribution in [0.1, 0.15) is 15.9 Å². The molecule has 6 nitrogen and oxygen atoms in total. The maximum absolute atomic E-state index is 12.4. The van der Waals surface area contributed by atoms with Crippen molar-refractivity contribution in [2.45, 2.75) is 13.0 Å². The number of hydrogen-bond donors (Lipinski definition) is 2. The van der Waals surface area contributed by atoms with E-state index in [0.717, 1.165) is 23.9 Å². The Kier molecular flexibility index (Phi) is 4.00. The molecule has 3 heterocycles. The molecule has 0 bridgehead atoms. The zero-order valence-corrected chi connectivity index (χ0v) is 13.5. The number of benzene rings is 1. The molecule has 0 saturated carbocycles. The summed E-state index contributed by atoms with van der Waals surface area (Å²) in [6.45, 7) is 0.744. The normalized spacial score (nSPS) is 10.9. The molecule has 124 valence electrons. The van der Waals surface area contributed by atoms with Crippen molar-refractivity contribution in [3.8, 4) is 0 Å². The average molecular weight is 331 g/mol. The van der Waals surface area contributed by atoms with Crippen molar-refractivity contribution >= 4 is 22.6 Å². The number of carbonyl (C=O) groups is 1. The largest absolute Gasteiger partial charge is 0.361 e. The molecular formula is C19H17N5O. The molecule has 0 fully saturated rings. The first-order chi connectivity index (χ1) is 12.3.